The molecule has 4 nitrogen and oxygen atoms in total. The van der Waals surface area contributed by atoms with Crippen LogP contribution in [-0.4, -0.2) is 31.8 Å². The van der Waals surface area contributed by atoms with Gasteiger partial charge < -0.3 is 14.8 Å². The fourth-order valence-electron chi connectivity index (χ4n) is 1.28. The smallest absolute Gasteiger partial charge is 0.319 e. The van der Waals surface area contributed by atoms with Crippen molar-refractivity contribution in [1.29, 1.82) is 0 Å². The highest BCUT2D eigenvalue weighted by Gasteiger charge is 2.10. The van der Waals surface area contributed by atoms with E-state index in [1.807, 2.05) is 6.08 Å². The summed E-state index contributed by atoms with van der Waals surface area (Å²) >= 11 is 0. The average Bonchev–Trinajstić information content (AvgIpc) is 2.20. The first kappa shape index (κ1) is 11.0. The SMILES string of the molecule is CCOC(=O)CNCC1CCC=CO1. The second-order valence-electron chi connectivity index (χ2n) is 3.14. The molecule has 80 valence electrons. The van der Waals surface area contributed by atoms with Crippen LogP contribution in [0.1, 0.15) is 19.8 Å². The second kappa shape index (κ2) is 6.43. The molecule has 0 fully saturated rings. The molecule has 1 aliphatic rings. The Bertz CT molecular complexity index is 204. The third kappa shape index (κ3) is 4.28. The van der Waals surface area contributed by atoms with Crippen LogP contribution < -0.4 is 5.32 Å². The third-order valence-corrected chi connectivity index (χ3v) is 1.97. The van der Waals surface area contributed by atoms with E-state index in [9.17, 15) is 4.79 Å². The maximum Gasteiger partial charge on any atom is 0.319 e. The topological polar surface area (TPSA) is 47.6 Å². The first-order valence-electron chi connectivity index (χ1n) is 4.99. The van der Waals surface area contributed by atoms with Gasteiger partial charge in [-0.2, -0.15) is 0 Å². The van der Waals surface area contributed by atoms with Crippen molar-refractivity contribution in [2.45, 2.75) is 25.9 Å². The molecule has 1 rings (SSSR count). The number of carbonyl (C=O) groups excluding carboxylic acids is 1. The zero-order chi connectivity index (χ0) is 10.2. The Labute approximate surface area is 84.3 Å². The van der Waals surface area contributed by atoms with Crippen molar-refractivity contribution in [1.82, 2.24) is 5.32 Å². The summed E-state index contributed by atoms with van der Waals surface area (Å²) in [6.45, 7) is 3.19. The highest BCUT2D eigenvalue weighted by Crippen LogP contribution is 2.08. The van der Waals surface area contributed by atoms with Crippen molar-refractivity contribution in [3.05, 3.63) is 12.3 Å². The van der Waals surface area contributed by atoms with Crippen LogP contribution in [0.25, 0.3) is 0 Å². The summed E-state index contributed by atoms with van der Waals surface area (Å²) in [7, 11) is 0. The Kier molecular flexibility index (Phi) is 5.07. The molecule has 1 heterocycles. The summed E-state index contributed by atoms with van der Waals surface area (Å²) in [6.07, 6.45) is 5.97. The van der Waals surface area contributed by atoms with E-state index in [0.717, 1.165) is 12.8 Å². The van der Waals surface area contributed by atoms with E-state index in [2.05, 4.69) is 5.32 Å². The van der Waals surface area contributed by atoms with E-state index < -0.39 is 0 Å². The minimum Gasteiger partial charge on any atom is -0.497 e. The molecular weight excluding hydrogens is 182 g/mol. The number of rotatable bonds is 5. The van der Waals surface area contributed by atoms with Crippen molar-refractivity contribution in [3.63, 3.8) is 0 Å². The lowest BCUT2D eigenvalue weighted by molar-refractivity contribution is -0.142. The molecule has 0 aliphatic carbocycles. The maximum absolute atomic E-state index is 10.9. The van der Waals surface area contributed by atoms with Gasteiger partial charge in [0, 0.05) is 6.54 Å². The lowest BCUT2D eigenvalue weighted by atomic mass is 10.1. The van der Waals surface area contributed by atoms with E-state index in [1.54, 1.807) is 13.2 Å². The summed E-state index contributed by atoms with van der Waals surface area (Å²) < 4.78 is 10.1. The van der Waals surface area contributed by atoms with Gasteiger partial charge in [0.15, 0.2) is 0 Å². The maximum atomic E-state index is 10.9. The van der Waals surface area contributed by atoms with Gasteiger partial charge in [0.1, 0.15) is 6.10 Å². The first-order chi connectivity index (χ1) is 6.83. The molecule has 0 amide bonds. The standard InChI is InChI=1S/C10H17NO3/c1-2-13-10(12)8-11-7-9-5-3-4-6-14-9/h4,6,9,11H,2-3,5,7-8H2,1H3. The summed E-state index contributed by atoms with van der Waals surface area (Å²) in [6, 6.07) is 0. The number of esters is 1. The zero-order valence-electron chi connectivity index (χ0n) is 8.49. The minimum atomic E-state index is -0.209. The van der Waals surface area contributed by atoms with Gasteiger partial charge in [0.2, 0.25) is 0 Å². The predicted octanol–water partition coefficient (Wildman–Crippen LogP) is 0.832. The van der Waals surface area contributed by atoms with E-state index in [0.29, 0.717) is 13.2 Å². The van der Waals surface area contributed by atoms with E-state index >= 15 is 0 Å². The number of allylic oxidation sites excluding steroid dienone is 1. The van der Waals surface area contributed by atoms with Crippen molar-refractivity contribution >= 4 is 5.97 Å². The molecule has 0 aromatic heterocycles. The van der Waals surface area contributed by atoms with Gasteiger partial charge in [0.25, 0.3) is 0 Å². The molecule has 0 saturated heterocycles. The zero-order valence-corrected chi connectivity index (χ0v) is 8.49. The number of hydrogen-bond acceptors (Lipinski definition) is 4. The molecule has 0 radical (unpaired) electrons. The van der Waals surface area contributed by atoms with Crippen LogP contribution >= 0.6 is 0 Å². The van der Waals surface area contributed by atoms with Crippen LogP contribution in [0.4, 0.5) is 0 Å². The van der Waals surface area contributed by atoms with Crippen molar-refractivity contribution in [2.75, 3.05) is 19.7 Å². The lowest BCUT2D eigenvalue weighted by Crippen LogP contribution is -2.33. The molecule has 14 heavy (non-hydrogen) atoms. The molecule has 0 spiro atoms. The van der Waals surface area contributed by atoms with Gasteiger partial charge in [-0.15, -0.1) is 0 Å². The van der Waals surface area contributed by atoms with Gasteiger partial charge in [0.05, 0.1) is 19.4 Å². The van der Waals surface area contributed by atoms with Crippen molar-refractivity contribution in [2.24, 2.45) is 0 Å². The van der Waals surface area contributed by atoms with Gasteiger partial charge in [-0.05, 0) is 25.8 Å². The Morgan fingerprint density at radius 2 is 2.57 bits per heavy atom. The fraction of sp³-hybridized carbons (Fsp3) is 0.700. The number of ether oxygens (including phenoxy) is 2. The molecule has 1 unspecified atom stereocenters. The molecule has 4 heteroatoms. The number of hydrogen-bond donors (Lipinski definition) is 1. The molecule has 1 aliphatic heterocycles. The van der Waals surface area contributed by atoms with Gasteiger partial charge in [-0.3, -0.25) is 4.79 Å². The van der Waals surface area contributed by atoms with Gasteiger partial charge >= 0.3 is 5.97 Å². The Hall–Kier alpha value is -1.03. The van der Waals surface area contributed by atoms with Crippen LogP contribution in [-0.2, 0) is 14.3 Å². The summed E-state index contributed by atoms with van der Waals surface area (Å²) in [5.74, 6) is -0.209. The van der Waals surface area contributed by atoms with Gasteiger partial charge in [-0.25, -0.2) is 0 Å². The van der Waals surface area contributed by atoms with Crippen LogP contribution in [0.15, 0.2) is 12.3 Å². The van der Waals surface area contributed by atoms with Crippen LogP contribution in [0.5, 0.6) is 0 Å². The van der Waals surface area contributed by atoms with E-state index in [-0.39, 0.29) is 18.6 Å². The highest BCUT2D eigenvalue weighted by molar-refractivity contribution is 5.71. The summed E-state index contributed by atoms with van der Waals surface area (Å²) in [5, 5.41) is 3.01. The molecular formula is C10H17NO3. The number of carbonyl (C=O) groups is 1. The van der Waals surface area contributed by atoms with Crippen molar-refractivity contribution in [3.8, 4) is 0 Å². The van der Waals surface area contributed by atoms with Crippen LogP contribution in [0.3, 0.4) is 0 Å². The molecule has 0 aromatic carbocycles. The van der Waals surface area contributed by atoms with E-state index in [1.165, 1.54) is 0 Å². The predicted molar refractivity (Wildman–Crippen MR) is 52.7 cm³/mol. The minimum absolute atomic E-state index is 0.189. The second-order valence-corrected chi connectivity index (χ2v) is 3.14. The molecule has 0 saturated carbocycles. The lowest BCUT2D eigenvalue weighted by Gasteiger charge is -2.19. The van der Waals surface area contributed by atoms with Crippen molar-refractivity contribution < 1.29 is 14.3 Å². The molecule has 1 atom stereocenters. The normalized spacial score (nSPS) is 20.2. The third-order valence-electron chi connectivity index (χ3n) is 1.97. The highest BCUT2D eigenvalue weighted by atomic mass is 16.5. The monoisotopic (exact) mass is 199 g/mol. The average molecular weight is 199 g/mol. The quantitative estimate of drug-likeness (QED) is 0.666. The number of nitrogens with one attached hydrogen (secondary N) is 1. The molecule has 1 N–H and O–H groups in total. The molecule has 0 bridgehead atoms. The Morgan fingerprint density at radius 3 is 3.21 bits per heavy atom. The fourth-order valence-corrected chi connectivity index (χ4v) is 1.28. The summed E-state index contributed by atoms with van der Waals surface area (Å²) in [4.78, 5) is 10.9. The molecule has 0 aromatic rings. The van der Waals surface area contributed by atoms with Crippen LogP contribution in [0.2, 0.25) is 0 Å². The Balaban J connectivity index is 2.03. The van der Waals surface area contributed by atoms with E-state index in [4.69, 9.17) is 9.47 Å². The summed E-state index contributed by atoms with van der Waals surface area (Å²) in [5.41, 5.74) is 0. The van der Waals surface area contributed by atoms with Crippen LogP contribution in [0, 0.1) is 0 Å². The van der Waals surface area contributed by atoms with Gasteiger partial charge in [-0.1, -0.05) is 0 Å². The first-order valence-corrected chi connectivity index (χ1v) is 4.99. The largest absolute Gasteiger partial charge is 0.497 e. The Morgan fingerprint density at radius 1 is 1.71 bits per heavy atom.